The van der Waals surface area contributed by atoms with Gasteiger partial charge in [0.1, 0.15) is 0 Å². The van der Waals surface area contributed by atoms with E-state index < -0.39 is 10.6 Å². The van der Waals surface area contributed by atoms with Crippen LogP contribution in [0.4, 0.5) is 23.3 Å². The molecule has 11 heteroatoms. The fraction of sp³-hybridized carbons (Fsp3) is 0.214. The second kappa shape index (κ2) is 7.95. The molecule has 0 aliphatic heterocycles. The first-order valence-electron chi connectivity index (χ1n) is 7.04. The van der Waals surface area contributed by atoms with Gasteiger partial charge in [0.05, 0.1) is 21.5 Å². The van der Waals surface area contributed by atoms with Gasteiger partial charge < -0.3 is 16.8 Å². The molecule has 0 atom stereocenters. The van der Waals surface area contributed by atoms with Gasteiger partial charge in [0.2, 0.25) is 17.6 Å². The van der Waals surface area contributed by atoms with Gasteiger partial charge in [-0.2, -0.15) is 9.97 Å². The third-order valence-corrected chi connectivity index (χ3v) is 3.98. The Bertz CT molecular complexity index is 830. The molecular formula is C14H14Cl2N6O3. The van der Waals surface area contributed by atoms with E-state index in [0.717, 1.165) is 5.56 Å². The van der Waals surface area contributed by atoms with Crippen LogP contribution in [0.5, 0.6) is 0 Å². The molecule has 2 aromatic rings. The van der Waals surface area contributed by atoms with E-state index in [2.05, 4.69) is 15.3 Å². The first-order valence-corrected chi connectivity index (χ1v) is 7.80. The monoisotopic (exact) mass is 384 g/mol. The standard InChI is InChI=1S/C14H14Cl2N6O3/c15-9-4-2-7(5-10(9)16)1-3-8(23)6-19-13-11(22(24)25)12(17)20-14(18)21-13/h2,4-5H,1,3,6H2,(H5,17,18,19,20,21). The molecule has 0 saturated carbocycles. The first-order chi connectivity index (χ1) is 11.8. The van der Waals surface area contributed by atoms with Crippen LogP contribution < -0.4 is 16.8 Å². The minimum absolute atomic E-state index is 0.169. The van der Waals surface area contributed by atoms with Crippen molar-refractivity contribution in [1.82, 2.24) is 9.97 Å². The van der Waals surface area contributed by atoms with Crippen LogP contribution in [-0.4, -0.2) is 27.2 Å². The summed E-state index contributed by atoms with van der Waals surface area (Å²) < 4.78 is 0. The zero-order valence-electron chi connectivity index (χ0n) is 12.8. The Labute approximate surface area is 152 Å². The summed E-state index contributed by atoms with van der Waals surface area (Å²) in [5, 5.41) is 14.5. The van der Waals surface area contributed by atoms with Crippen LogP contribution >= 0.6 is 23.2 Å². The van der Waals surface area contributed by atoms with Crippen molar-refractivity contribution >= 4 is 52.3 Å². The summed E-state index contributed by atoms with van der Waals surface area (Å²) in [5.41, 5.74) is 11.2. The molecule has 0 fully saturated rings. The normalized spacial score (nSPS) is 10.5. The number of nitrogens with two attached hydrogens (primary N) is 2. The predicted molar refractivity (Wildman–Crippen MR) is 95.8 cm³/mol. The summed E-state index contributed by atoms with van der Waals surface area (Å²) >= 11 is 11.7. The van der Waals surface area contributed by atoms with Crippen molar-refractivity contribution in [1.29, 1.82) is 0 Å². The zero-order chi connectivity index (χ0) is 18.6. The third-order valence-electron chi connectivity index (χ3n) is 3.24. The lowest BCUT2D eigenvalue weighted by Crippen LogP contribution is -2.17. The van der Waals surface area contributed by atoms with E-state index in [9.17, 15) is 14.9 Å². The molecule has 1 aromatic carbocycles. The molecule has 0 bridgehead atoms. The van der Waals surface area contributed by atoms with Crippen LogP contribution in [0.25, 0.3) is 0 Å². The summed E-state index contributed by atoms with van der Waals surface area (Å²) in [6, 6.07) is 5.10. The van der Waals surface area contributed by atoms with Crippen molar-refractivity contribution in [3.05, 3.63) is 43.9 Å². The molecule has 0 aliphatic carbocycles. The average Bonchev–Trinajstić information content (AvgIpc) is 2.53. The number of aryl methyl sites for hydroxylation is 1. The Morgan fingerprint density at radius 3 is 2.60 bits per heavy atom. The van der Waals surface area contributed by atoms with E-state index in [1.54, 1.807) is 18.2 Å². The minimum atomic E-state index is -0.739. The number of ketones is 1. The van der Waals surface area contributed by atoms with E-state index in [0.29, 0.717) is 16.5 Å². The smallest absolute Gasteiger partial charge is 0.353 e. The van der Waals surface area contributed by atoms with Gasteiger partial charge in [0.25, 0.3) is 0 Å². The zero-order valence-corrected chi connectivity index (χ0v) is 14.3. The van der Waals surface area contributed by atoms with Crippen molar-refractivity contribution in [2.45, 2.75) is 12.8 Å². The Kier molecular flexibility index (Phi) is 5.94. The highest BCUT2D eigenvalue weighted by atomic mass is 35.5. The van der Waals surface area contributed by atoms with Crippen LogP contribution in [0.15, 0.2) is 18.2 Å². The van der Waals surface area contributed by atoms with Gasteiger partial charge in [0, 0.05) is 6.42 Å². The largest absolute Gasteiger partial charge is 0.378 e. The fourth-order valence-corrected chi connectivity index (χ4v) is 2.36. The second-order valence-corrected chi connectivity index (χ2v) is 5.88. The Morgan fingerprint density at radius 2 is 1.96 bits per heavy atom. The van der Waals surface area contributed by atoms with Crippen molar-refractivity contribution < 1.29 is 9.72 Å². The molecule has 9 nitrogen and oxygen atoms in total. The number of carbonyl (C=O) groups excluding carboxylic acids is 1. The van der Waals surface area contributed by atoms with E-state index >= 15 is 0 Å². The van der Waals surface area contributed by atoms with Crippen molar-refractivity contribution in [3.8, 4) is 0 Å². The van der Waals surface area contributed by atoms with Crippen LogP contribution in [-0.2, 0) is 11.2 Å². The van der Waals surface area contributed by atoms with Gasteiger partial charge in [-0.25, -0.2) is 0 Å². The van der Waals surface area contributed by atoms with Crippen LogP contribution in [0.3, 0.4) is 0 Å². The third kappa shape index (κ3) is 4.91. The summed E-state index contributed by atoms with van der Waals surface area (Å²) in [6.45, 7) is -0.169. The SMILES string of the molecule is Nc1nc(N)c([N+](=O)[O-])c(NCC(=O)CCc2ccc(Cl)c(Cl)c2)n1. The molecule has 25 heavy (non-hydrogen) atoms. The molecule has 0 amide bonds. The summed E-state index contributed by atoms with van der Waals surface area (Å²) in [4.78, 5) is 29.5. The average molecular weight is 385 g/mol. The number of carbonyl (C=O) groups is 1. The van der Waals surface area contributed by atoms with Crippen LogP contribution in [0, 0.1) is 10.1 Å². The number of hydrogen-bond acceptors (Lipinski definition) is 8. The highest BCUT2D eigenvalue weighted by Gasteiger charge is 2.22. The summed E-state index contributed by atoms with van der Waals surface area (Å²) in [7, 11) is 0. The molecule has 2 rings (SSSR count). The number of aromatic nitrogens is 2. The fourth-order valence-electron chi connectivity index (χ4n) is 2.04. The highest BCUT2D eigenvalue weighted by Crippen LogP contribution is 2.28. The second-order valence-electron chi connectivity index (χ2n) is 5.06. The number of nitrogen functional groups attached to an aromatic ring is 2. The number of nitrogens with one attached hydrogen (secondary N) is 1. The molecule has 1 heterocycles. The van der Waals surface area contributed by atoms with Gasteiger partial charge in [0.15, 0.2) is 5.78 Å². The number of benzene rings is 1. The molecule has 0 saturated heterocycles. The molecule has 0 unspecified atom stereocenters. The van der Waals surface area contributed by atoms with E-state index in [4.69, 9.17) is 34.7 Å². The van der Waals surface area contributed by atoms with Gasteiger partial charge in [-0.3, -0.25) is 14.9 Å². The van der Waals surface area contributed by atoms with Crippen LogP contribution in [0.2, 0.25) is 10.0 Å². The lowest BCUT2D eigenvalue weighted by atomic mass is 10.1. The number of halogens is 2. The maximum absolute atomic E-state index is 12.0. The Morgan fingerprint density at radius 1 is 1.24 bits per heavy atom. The first kappa shape index (κ1) is 18.7. The molecule has 0 spiro atoms. The van der Waals surface area contributed by atoms with Gasteiger partial charge >= 0.3 is 5.69 Å². The number of anilines is 3. The van der Waals surface area contributed by atoms with E-state index in [-0.39, 0.29) is 36.3 Å². The van der Waals surface area contributed by atoms with E-state index in [1.165, 1.54) is 0 Å². The molecule has 0 radical (unpaired) electrons. The minimum Gasteiger partial charge on any atom is -0.378 e. The number of rotatable bonds is 7. The van der Waals surface area contributed by atoms with Crippen LogP contribution in [0.1, 0.15) is 12.0 Å². The van der Waals surface area contributed by atoms with Gasteiger partial charge in [-0.05, 0) is 24.1 Å². The number of nitro groups is 1. The Balaban J connectivity index is 1.98. The summed E-state index contributed by atoms with van der Waals surface area (Å²) in [5.74, 6) is -0.980. The van der Waals surface area contributed by atoms with Crippen molar-refractivity contribution in [2.75, 3.05) is 23.3 Å². The maximum Gasteiger partial charge on any atom is 0.353 e. The molecular weight excluding hydrogens is 371 g/mol. The van der Waals surface area contributed by atoms with Crippen molar-refractivity contribution in [3.63, 3.8) is 0 Å². The number of hydrogen-bond donors (Lipinski definition) is 3. The maximum atomic E-state index is 12.0. The molecule has 1 aromatic heterocycles. The van der Waals surface area contributed by atoms with Crippen molar-refractivity contribution in [2.24, 2.45) is 0 Å². The Hall–Kier alpha value is -2.65. The van der Waals surface area contributed by atoms with Gasteiger partial charge in [-0.1, -0.05) is 29.3 Å². The lowest BCUT2D eigenvalue weighted by Gasteiger charge is -2.08. The van der Waals surface area contributed by atoms with E-state index in [1.807, 2.05) is 0 Å². The lowest BCUT2D eigenvalue weighted by molar-refractivity contribution is -0.383. The summed E-state index contributed by atoms with van der Waals surface area (Å²) in [6.07, 6.45) is 0.655. The number of nitrogens with zero attached hydrogens (tertiary/aromatic N) is 3. The molecule has 0 aliphatic rings. The van der Waals surface area contributed by atoms with Gasteiger partial charge in [-0.15, -0.1) is 0 Å². The topological polar surface area (TPSA) is 150 Å². The molecule has 5 N–H and O–H groups in total. The highest BCUT2D eigenvalue weighted by molar-refractivity contribution is 6.42. The quantitative estimate of drug-likeness (QED) is 0.486. The predicted octanol–water partition coefficient (Wildman–Crippen LogP) is 2.47. The number of Topliss-reactive ketones (excluding diaryl/α,β-unsaturated/α-hetero) is 1. The molecule has 132 valence electrons.